The predicted octanol–water partition coefficient (Wildman–Crippen LogP) is 14.6. The summed E-state index contributed by atoms with van der Waals surface area (Å²) in [7, 11) is 0. The minimum Gasteiger partial charge on any atom is -0.309 e. The number of fused-ring (bicyclic) bond motifs is 3. The molecule has 0 bridgehead atoms. The highest BCUT2D eigenvalue weighted by Crippen LogP contribution is 2.48. The summed E-state index contributed by atoms with van der Waals surface area (Å²) in [5, 5.41) is 2.44. The van der Waals surface area contributed by atoms with Crippen LogP contribution in [0.3, 0.4) is 0 Å². The molecule has 0 radical (unpaired) electrons. The fraction of sp³-hybridized carbons (Fsp3) is 0.0500. The molecule has 304 valence electrons. The summed E-state index contributed by atoms with van der Waals surface area (Å²) < 4.78 is 2.44. The van der Waals surface area contributed by atoms with Gasteiger partial charge in [0.15, 0.2) is 17.5 Å². The molecule has 2 heterocycles. The second-order valence-electron chi connectivity index (χ2n) is 16.5. The molecule has 0 fully saturated rings. The maximum atomic E-state index is 5.34. The minimum absolute atomic E-state index is 0.600. The van der Waals surface area contributed by atoms with Crippen molar-refractivity contribution in [1.29, 1.82) is 0 Å². The Kier molecular flexibility index (Phi) is 9.82. The smallest absolute Gasteiger partial charge is 0.164 e. The summed E-state index contributed by atoms with van der Waals surface area (Å²) in [6.07, 6.45) is 0. The molecule has 11 rings (SSSR count). The zero-order valence-electron chi connectivity index (χ0n) is 35.7. The van der Waals surface area contributed by atoms with Crippen molar-refractivity contribution >= 4 is 21.8 Å². The van der Waals surface area contributed by atoms with Crippen molar-refractivity contribution in [2.75, 3.05) is 0 Å². The van der Waals surface area contributed by atoms with E-state index in [9.17, 15) is 0 Å². The molecule has 0 aliphatic rings. The van der Waals surface area contributed by atoms with Crippen molar-refractivity contribution in [3.63, 3.8) is 0 Å². The lowest BCUT2D eigenvalue weighted by atomic mass is 9.65. The monoisotopic (exact) mass is 820 g/mol. The van der Waals surface area contributed by atoms with E-state index in [-0.39, 0.29) is 0 Å². The Balaban J connectivity index is 1.26. The van der Waals surface area contributed by atoms with Gasteiger partial charge in [-0.3, -0.25) is 0 Å². The van der Waals surface area contributed by atoms with Gasteiger partial charge in [-0.25, -0.2) is 15.0 Å². The molecule has 0 N–H and O–H groups in total. The van der Waals surface area contributed by atoms with Crippen LogP contribution in [-0.4, -0.2) is 19.5 Å². The molecule has 2 aromatic heterocycles. The van der Waals surface area contributed by atoms with Gasteiger partial charge >= 0.3 is 0 Å². The molecule has 9 aromatic carbocycles. The first-order chi connectivity index (χ1) is 31.6. The number of rotatable bonds is 9. The van der Waals surface area contributed by atoms with Gasteiger partial charge in [-0.05, 0) is 78.1 Å². The molecule has 0 saturated heterocycles. The summed E-state index contributed by atoms with van der Waals surface area (Å²) >= 11 is 0. The predicted molar refractivity (Wildman–Crippen MR) is 264 cm³/mol. The van der Waals surface area contributed by atoms with Crippen LogP contribution in [0.5, 0.6) is 0 Å². The molecule has 4 heteroatoms. The Labute approximate surface area is 373 Å². The largest absolute Gasteiger partial charge is 0.309 e. The third kappa shape index (κ3) is 6.68. The van der Waals surface area contributed by atoms with Crippen LogP contribution in [-0.2, 0) is 5.41 Å². The second-order valence-corrected chi connectivity index (χ2v) is 16.5. The molecule has 0 unspecified atom stereocenters. The zero-order valence-corrected chi connectivity index (χ0v) is 35.7. The number of nitrogens with zero attached hydrogens (tertiary/aromatic N) is 4. The fourth-order valence-electron chi connectivity index (χ4n) is 9.63. The van der Waals surface area contributed by atoms with Crippen molar-refractivity contribution in [2.45, 2.75) is 19.3 Å². The van der Waals surface area contributed by atoms with Gasteiger partial charge < -0.3 is 4.57 Å². The average Bonchev–Trinajstić information content (AvgIpc) is 3.67. The van der Waals surface area contributed by atoms with Gasteiger partial charge in [0.05, 0.1) is 22.1 Å². The van der Waals surface area contributed by atoms with Crippen molar-refractivity contribution in [3.8, 4) is 51.0 Å². The Morgan fingerprint density at radius 3 is 1.23 bits per heavy atom. The SMILES string of the molecule is Cc1ccc2c(c1)c1cc(C)ccc1n2-c1cccc(-c2nc(-c3ccccc3)nc(-c3ccccc3)n2)c1-c1cccc(C(c2ccccc2)(c2ccccc2)c2ccccc2)c1. The lowest BCUT2D eigenvalue weighted by Crippen LogP contribution is -2.31. The highest BCUT2D eigenvalue weighted by Gasteiger charge is 2.38. The topological polar surface area (TPSA) is 43.6 Å². The minimum atomic E-state index is -0.648. The van der Waals surface area contributed by atoms with E-state index < -0.39 is 5.41 Å². The molecular formula is C60H44N4. The highest BCUT2D eigenvalue weighted by atomic mass is 15.0. The van der Waals surface area contributed by atoms with Gasteiger partial charge in [-0.1, -0.05) is 205 Å². The highest BCUT2D eigenvalue weighted by molar-refractivity contribution is 6.10. The number of aromatic nitrogens is 4. The van der Waals surface area contributed by atoms with Crippen molar-refractivity contribution in [3.05, 3.63) is 264 Å². The molecule has 4 nitrogen and oxygen atoms in total. The normalized spacial score (nSPS) is 11.6. The molecule has 0 atom stereocenters. The molecule has 0 spiro atoms. The Bertz CT molecular complexity index is 3220. The van der Waals surface area contributed by atoms with Crippen LogP contribution in [0.25, 0.3) is 72.8 Å². The first-order valence-corrected chi connectivity index (χ1v) is 21.9. The summed E-state index contributed by atoms with van der Waals surface area (Å²) in [6.45, 7) is 4.34. The van der Waals surface area contributed by atoms with Crippen LogP contribution in [0.4, 0.5) is 0 Å². The lowest BCUT2D eigenvalue weighted by Gasteiger charge is -2.37. The van der Waals surface area contributed by atoms with Crippen molar-refractivity contribution in [1.82, 2.24) is 19.5 Å². The summed E-state index contributed by atoms with van der Waals surface area (Å²) in [6, 6.07) is 82.5. The molecule has 0 amide bonds. The third-order valence-electron chi connectivity index (χ3n) is 12.5. The first-order valence-electron chi connectivity index (χ1n) is 21.9. The van der Waals surface area contributed by atoms with Crippen LogP contribution in [0.1, 0.15) is 33.4 Å². The lowest BCUT2D eigenvalue weighted by molar-refractivity contribution is 0.745. The van der Waals surface area contributed by atoms with Gasteiger partial charge in [0, 0.05) is 33.0 Å². The number of aryl methyl sites for hydroxylation is 2. The van der Waals surface area contributed by atoms with E-state index in [1.165, 1.54) is 38.6 Å². The standard InChI is InChI=1S/C60H44N4/c1-41-34-36-53-51(38-41)52-39-42(2)35-37-54(52)64(53)55-33-19-32-50(59-62-57(43-20-8-3-9-21-43)61-58(63-59)44-22-10-4-11-23-44)56(55)45-24-18-31-49(40-45)60(46-25-12-5-13-26-46,47-27-14-6-15-28-47)48-29-16-7-17-30-48/h3-40H,1-2H3. The van der Waals surface area contributed by atoms with Crippen molar-refractivity contribution in [2.24, 2.45) is 0 Å². The molecule has 64 heavy (non-hydrogen) atoms. The van der Waals surface area contributed by atoms with E-state index in [0.717, 1.165) is 50.1 Å². The molecular weight excluding hydrogens is 777 g/mol. The maximum absolute atomic E-state index is 5.34. The van der Waals surface area contributed by atoms with Gasteiger partial charge in [-0.15, -0.1) is 0 Å². The zero-order chi connectivity index (χ0) is 43.0. The fourth-order valence-corrected chi connectivity index (χ4v) is 9.63. The molecule has 11 aromatic rings. The van der Waals surface area contributed by atoms with Crippen LogP contribution in [0.2, 0.25) is 0 Å². The number of benzene rings is 9. The number of hydrogen-bond donors (Lipinski definition) is 0. The Morgan fingerprint density at radius 1 is 0.344 bits per heavy atom. The average molecular weight is 821 g/mol. The van der Waals surface area contributed by atoms with E-state index in [2.05, 4.69) is 213 Å². The van der Waals surface area contributed by atoms with Gasteiger partial charge in [0.25, 0.3) is 0 Å². The second kappa shape index (κ2) is 16.2. The summed E-state index contributed by atoms with van der Waals surface area (Å²) in [5.41, 5.74) is 14.6. The quantitative estimate of drug-likeness (QED) is 0.136. The maximum Gasteiger partial charge on any atom is 0.164 e. The third-order valence-corrected chi connectivity index (χ3v) is 12.5. The van der Waals surface area contributed by atoms with E-state index in [4.69, 9.17) is 15.0 Å². The summed E-state index contributed by atoms with van der Waals surface area (Å²) in [5.74, 6) is 1.84. The van der Waals surface area contributed by atoms with Crippen LogP contribution >= 0.6 is 0 Å². The molecule has 0 aliphatic heterocycles. The van der Waals surface area contributed by atoms with Crippen LogP contribution < -0.4 is 0 Å². The molecule has 0 aliphatic carbocycles. The summed E-state index contributed by atoms with van der Waals surface area (Å²) in [4.78, 5) is 15.8. The first kappa shape index (κ1) is 38.7. The van der Waals surface area contributed by atoms with E-state index in [1.807, 2.05) is 36.4 Å². The van der Waals surface area contributed by atoms with E-state index in [0.29, 0.717) is 17.5 Å². The van der Waals surface area contributed by atoms with Gasteiger partial charge in [0.2, 0.25) is 0 Å². The van der Waals surface area contributed by atoms with E-state index in [1.54, 1.807) is 0 Å². The Morgan fingerprint density at radius 2 is 0.750 bits per heavy atom. The van der Waals surface area contributed by atoms with Crippen LogP contribution in [0, 0.1) is 13.8 Å². The number of hydrogen-bond acceptors (Lipinski definition) is 3. The van der Waals surface area contributed by atoms with Crippen LogP contribution in [0.15, 0.2) is 231 Å². The van der Waals surface area contributed by atoms with Gasteiger partial charge in [-0.2, -0.15) is 0 Å². The van der Waals surface area contributed by atoms with Gasteiger partial charge in [0.1, 0.15) is 0 Å². The van der Waals surface area contributed by atoms with Crippen molar-refractivity contribution < 1.29 is 0 Å². The Hall–Kier alpha value is -8.21. The van der Waals surface area contributed by atoms with E-state index >= 15 is 0 Å². The molecule has 0 saturated carbocycles.